The summed E-state index contributed by atoms with van der Waals surface area (Å²) in [5, 5.41) is 8.06. The third-order valence-electron chi connectivity index (χ3n) is 3.69. The molecule has 0 unspecified atom stereocenters. The highest BCUT2D eigenvalue weighted by atomic mass is 16.7. The lowest BCUT2D eigenvalue weighted by Gasteiger charge is -2.06. The third-order valence-corrected chi connectivity index (χ3v) is 3.69. The smallest absolute Gasteiger partial charge is 0.434 e. The van der Waals surface area contributed by atoms with Crippen LogP contribution in [0.4, 0.5) is 4.79 Å². The van der Waals surface area contributed by atoms with Gasteiger partial charge in [-0.05, 0) is 26.7 Å². The van der Waals surface area contributed by atoms with E-state index in [2.05, 4.69) is 69.2 Å². The molecular formula is C35H82O4. The summed E-state index contributed by atoms with van der Waals surface area (Å²) < 4.78 is 10.1. The maximum Gasteiger partial charge on any atom is 0.508 e. The number of hydrogen-bond acceptors (Lipinski definition) is 4. The van der Waals surface area contributed by atoms with Crippen molar-refractivity contribution in [3.05, 3.63) is 0 Å². The lowest BCUT2D eigenvalue weighted by molar-refractivity contribution is 0.0529. The molecule has 0 bridgehead atoms. The van der Waals surface area contributed by atoms with Gasteiger partial charge in [-0.25, -0.2) is 4.79 Å². The number of rotatable bonds is 15. The summed E-state index contributed by atoms with van der Waals surface area (Å²) in [6.07, 6.45) is 20.3. The largest absolute Gasteiger partial charge is 0.508 e. The second kappa shape index (κ2) is 71.0. The minimum atomic E-state index is -0.494. The zero-order valence-corrected chi connectivity index (χ0v) is 30.2. The van der Waals surface area contributed by atoms with Crippen LogP contribution in [0.15, 0.2) is 0 Å². The van der Waals surface area contributed by atoms with E-state index >= 15 is 0 Å². The van der Waals surface area contributed by atoms with Gasteiger partial charge in [0.2, 0.25) is 0 Å². The third kappa shape index (κ3) is 139. The number of ether oxygens (including phenoxy) is 2. The average molecular weight is 567 g/mol. The summed E-state index contributed by atoms with van der Waals surface area (Å²) in [7, 11) is 0. The molecule has 246 valence electrons. The molecule has 0 atom stereocenters. The molecule has 0 saturated heterocycles. The van der Waals surface area contributed by atoms with Crippen molar-refractivity contribution >= 4 is 6.16 Å². The van der Waals surface area contributed by atoms with Crippen molar-refractivity contribution < 1.29 is 19.4 Å². The average Bonchev–Trinajstić information content (AvgIpc) is 2.88. The molecule has 0 aliphatic carbocycles. The Balaban J connectivity index is -0.0000000925. The quantitative estimate of drug-likeness (QED) is 0.158. The molecule has 0 aromatic rings. The summed E-state index contributed by atoms with van der Waals surface area (Å²) in [6, 6.07) is 0. The van der Waals surface area contributed by atoms with E-state index in [1.165, 1.54) is 83.5 Å². The molecule has 1 N–H and O–H groups in total. The zero-order chi connectivity index (χ0) is 32.0. The van der Waals surface area contributed by atoms with E-state index in [9.17, 15) is 4.79 Å². The Morgan fingerprint density at radius 1 is 0.487 bits per heavy atom. The van der Waals surface area contributed by atoms with E-state index < -0.39 is 6.16 Å². The maximum atomic E-state index is 11.3. The molecule has 0 aliphatic rings. The van der Waals surface area contributed by atoms with E-state index in [1.54, 1.807) is 13.8 Å². The van der Waals surface area contributed by atoms with Crippen molar-refractivity contribution in [1.29, 1.82) is 0 Å². The number of hydrogen-bond donors (Lipinski definition) is 1. The standard InChI is InChI=1S/C18H36O3.C3H8O.4C3H8.C2H6/c1-3-5-7-9-10-11-12-13-15-17-21-18(19)20-16-14-8-6-4-2;1-3(2)4;4*1-3-2;1-2/h3-17H2,1-2H3;3-4H,1-2H3;4*3H2,1-2H3;1-2H3. The van der Waals surface area contributed by atoms with Crippen molar-refractivity contribution in [3.8, 4) is 0 Å². The van der Waals surface area contributed by atoms with Crippen LogP contribution in [0, 0.1) is 0 Å². The molecule has 0 aromatic heterocycles. The van der Waals surface area contributed by atoms with E-state index in [4.69, 9.17) is 14.6 Å². The Bertz CT molecular complexity index is 296. The van der Waals surface area contributed by atoms with Crippen LogP contribution in [-0.2, 0) is 9.47 Å². The first-order valence-electron chi connectivity index (χ1n) is 17.2. The molecule has 0 fully saturated rings. The fourth-order valence-electron chi connectivity index (χ4n) is 2.29. The van der Waals surface area contributed by atoms with Gasteiger partial charge in [0.25, 0.3) is 0 Å². The summed E-state index contributed by atoms with van der Waals surface area (Å²) in [5.41, 5.74) is 0. The predicted octanol–water partition coefficient (Wildman–Crippen LogP) is 13.3. The Hall–Kier alpha value is -0.770. The fraction of sp³-hybridized carbons (Fsp3) is 0.971. The van der Waals surface area contributed by atoms with E-state index in [0.29, 0.717) is 13.2 Å². The van der Waals surface area contributed by atoms with Crippen molar-refractivity contribution in [2.75, 3.05) is 13.2 Å². The van der Waals surface area contributed by atoms with Crippen molar-refractivity contribution in [2.45, 2.75) is 212 Å². The summed E-state index contributed by atoms with van der Waals surface area (Å²) in [5.74, 6) is 0. The fourth-order valence-corrected chi connectivity index (χ4v) is 2.29. The highest BCUT2D eigenvalue weighted by Gasteiger charge is 2.02. The van der Waals surface area contributed by atoms with Crippen LogP contribution in [-0.4, -0.2) is 30.6 Å². The molecule has 0 rings (SSSR count). The zero-order valence-electron chi connectivity index (χ0n) is 30.2. The first-order chi connectivity index (χ1) is 18.7. The molecule has 0 aliphatic heterocycles. The second-order valence-electron chi connectivity index (χ2n) is 9.76. The number of unbranched alkanes of at least 4 members (excludes halogenated alkanes) is 11. The van der Waals surface area contributed by atoms with E-state index in [1.807, 2.05) is 13.8 Å². The van der Waals surface area contributed by atoms with Gasteiger partial charge in [-0.3, -0.25) is 0 Å². The second-order valence-corrected chi connectivity index (χ2v) is 9.76. The Morgan fingerprint density at radius 3 is 0.897 bits per heavy atom. The van der Waals surface area contributed by atoms with Crippen LogP contribution in [0.5, 0.6) is 0 Å². The molecule has 0 aromatic carbocycles. The van der Waals surface area contributed by atoms with Gasteiger partial charge in [0.1, 0.15) is 0 Å². The molecule has 4 heteroatoms. The van der Waals surface area contributed by atoms with Crippen molar-refractivity contribution in [1.82, 2.24) is 0 Å². The van der Waals surface area contributed by atoms with Gasteiger partial charge in [0.15, 0.2) is 0 Å². The van der Waals surface area contributed by atoms with Gasteiger partial charge in [-0.15, -0.1) is 0 Å². The minimum Gasteiger partial charge on any atom is -0.434 e. The van der Waals surface area contributed by atoms with Gasteiger partial charge >= 0.3 is 6.16 Å². The molecule has 0 spiro atoms. The molecule has 0 radical (unpaired) electrons. The molecular weight excluding hydrogens is 484 g/mol. The van der Waals surface area contributed by atoms with Gasteiger partial charge in [-0.1, -0.05) is 179 Å². The SMILES string of the molecule is CC.CC(C)O.CCC.CCC.CCC.CCC.CCCCCCCCCCCOC(=O)OCCCCCC. The Kier molecular flexibility index (Phi) is 98.9. The van der Waals surface area contributed by atoms with Crippen molar-refractivity contribution in [3.63, 3.8) is 0 Å². The van der Waals surface area contributed by atoms with Crippen molar-refractivity contribution in [2.24, 2.45) is 0 Å². The molecule has 0 amide bonds. The van der Waals surface area contributed by atoms with E-state index in [0.717, 1.165) is 25.7 Å². The highest BCUT2D eigenvalue weighted by molar-refractivity contribution is 5.59. The summed E-state index contributed by atoms with van der Waals surface area (Å²) in [4.78, 5) is 11.3. The van der Waals surface area contributed by atoms with Crippen LogP contribution in [0.3, 0.4) is 0 Å². The Morgan fingerprint density at radius 2 is 0.667 bits per heavy atom. The normalized spacial score (nSPS) is 8.62. The molecule has 0 saturated carbocycles. The predicted molar refractivity (Wildman–Crippen MR) is 181 cm³/mol. The lowest BCUT2D eigenvalue weighted by atomic mass is 10.1. The van der Waals surface area contributed by atoms with E-state index in [-0.39, 0.29) is 6.10 Å². The topological polar surface area (TPSA) is 55.8 Å². The summed E-state index contributed by atoms with van der Waals surface area (Å²) in [6.45, 7) is 29.9. The van der Waals surface area contributed by atoms with Crippen LogP contribution < -0.4 is 0 Å². The van der Waals surface area contributed by atoms with Crippen LogP contribution in [0.1, 0.15) is 206 Å². The number of carbonyl (C=O) groups is 1. The minimum absolute atomic E-state index is 0.167. The van der Waals surface area contributed by atoms with Gasteiger partial charge < -0.3 is 14.6 Å². The van der Waals surface area contributed by atoms with Gasteiger partial charge in [0, 0.05) is 6.10 Å². The number of carbonyl (C=O) groups excluding carboxylic acids is 1. The molecule has 0 heterocycles. The maximum absolute atomic E-state index is 11.3. The van der Waals surface area contributed by atoms with Crippen LogP contribution in [0.2, 0.25) is 0 Å². The first-order valence-corrected chi connectivity index (χ1v) is 17.2. The monoisotopic (exact) mass is 567 g/mol. The highest BCUT2D eigenvalue weighted by Crippen LogP contribution is 2.09. The van der Waals surface area contributed by atoms with Crippen LogP contribution >= 0.6 is 0 Å². The first kappa shape index (κ1) is 54.3. The van der Waals surface area contributed by atoms with Gasteiger partial charge in [-0.2, -0.15) is 0 Å². The Labute approximate surface area is 250 Å². The number of aliphatic hydroxyl groups is 1. The molecule has 39 heavy (non-hydrogen) atoms. The summed E-state index contributed by atoms with van der Waals surface area (Å²) >= 11 is 0. The van der Waals surface area contributed by atoms with Gasteiger partial charge in [0.05, 0.1) is 13.2 Å². The van der Waals surface area contributed by atoms with Crippen LogP contribution in [0.25, 0.3) is 0 Å². The number of aliphatic hydroxyl groups excluding tert-OH is 1. The lowest BCUT2D eigenvalue weighted by Crippen LogP contribution is -2.09. The molecule has 4 nitrogen and oxygen atoms in total.